The summed E-state index contributed by atoms with van der Waals surface area (Å²) in [4.78, 5) is 25.3. The van der Waals surface area contributed by atoms with E-state index in [9.17, 15) is 9.59 Å². The lowest BCUT2D eigenvalue weighted by Gasteiger charge is -2.34. The van der Waals surface area contributed by atoms with Crippen LogP contribution in [0.4, 0.5) is 4.79 Å². The van der Waals surface area contributed by atoms with Gasteiger partial charge in [-0.15, -0.1) is 0 Å². The lowest BCUT2D eigenvalue weighted by molar-refractivity contribution is -0.109. The first-order valence-electron chi connectivity index (χ1n) is 8.18. The van der Waals surface area contributed by atoms with Crippen LogP contribution in [0.2, 0.25) is 0 Å². The van der Waals surface area contributed by atoms with Crippen LogP contribution in [0.3, 0.4) is 0 Å². The zero-order valence-corrected chi connectivity index (χ0v) is 14.0. The predicted molar refractivity (Wildman–Crippen MR) is 81.9 cm³/mol. The molecule has 1 aliphatic heterocycles. The van der Waals surface area contributed by atoms with Gasteiger partial charge in [-0.25, -0.2) is 4.79 Å². The fourth-order valence-corrected chi connectivity index (χ4v) is 3.90. The Morgan fingerprint density at radius 2 is 2.00 bits per heavy atom. The first kappa shape index (κ1) is 16.3. The van der Waals surface area contributed by atoms with E-state index < -0.39 is 5.60 Å². The summed E-state index contributed by atoms with van der Waals surface area (Å²) in [7, 11) is 0. The number of carbonyl (C=O) groups excluding carboxylic acids is 2. The number of hydrogen-bond donors (Lipinski definition) is 0. The van der Waals surface area contributed by atoms with Gasteiger partial charge in [-0.1, -0.05) is 13.8 Å². The van der Waals surface area contributed by atoms with Crippen LogP contribution in [-0.4, -0.2) is 36.0 Å². The maximum absolute atomic E-state index is 12.2. The zero-order chi connectivity index (χ0) is 15.8. The molecule has 4 heteroatoms. The molecule has 2 aliphatic rings. The molecule has 2 fully saturated rings. The Hall–Kier alpha value is -1.06. The molecule has 4 nitrogen and oxygen atoms in total. The normalized spacial score (nSPS) is 33.0. The maximum atomic E-state index is 12.2. The van der Waals surface area contributed by atoms with Gasteiger partial charge in [-0.3, -0.25) is 0 Å². The molecule has 1 aliphatic carbocycles. The van der Waals surface area contributed by atoms with Crippen LogP contribution in [0.15, 0.2) is 0 Å². The fourth-order valence-electron chi connectivity index (χ4n) is 3.90. The molecule has 0 aromatic rings. The number of likely N-dealkylation sites (tertiary alicyclic amines) is 1. The smallest absolute Gasteiger partial charge is 0.410 e. The summed E-state index contributed by atoms with van der Waals surface area (Å²) in [6.45, 7) is 11.6. The third-order valence-electron chi connectivity index (χ3n) is 4.77. The number of ether oxygens (including phenoxy) is 1. The second kappa shape index (κ2) is 5.98. The Morgan fingerprint density at radius 3 is 2.48 bits per heavy atom. The molecular weight excluding hydrogens is 266 g/mol. The molecule has 0 N–H and O–H groups in total. The van der Waals surface area contributed by atoms with E-state index in [0.29, 0.717) is 23.7 Å². The van der Waals surface area contributed by atoms with Gasteiger partial charge in [0, 0.05) is 19.0 Å². The molecule has 1 saturated heterocycles. The highest BCUT2D eigenvalue weighted by atomic mass is 16.6. The highest BCUT2D eigenvalue weighted by Crippen LogP contribution is 2.55. The topological polar surface area (TPSA) is 46.6 Å². The summed E-state index contributed by atoms with van der Waals surface area (Å²) in [5, 5.41) is 0. The molecule has 21 heavy (non-hydrogen) atoms. The van der Waals surface area contributed by atoms with Crippen LogP contribution in [0.5, 0.6) is 0 Å². The minimum Gasteiger partial charge on any atom is -0.444 e. The second-order valence-corrected chi connectivity index (χ2v) is 7.94. The van der Waals surface area contributed by atoms with E-state index in [-0.39, 0.29) is 12.0 Å². The molecule has 0 unspecified atom stereocenters. The molecule has 4 atom stereocenters. The molecule has 1 heterocycles. The first-order chi connectivity index (χ1) is 9.74. The number of nitrogens with zero attached hydrogens (tertiary/aromatic N) is 1. The van der Waals surface area contributed by atoms with Gasteiger partial charge < -0.3 is 14.4 Å². The summed E-state index contributed by atoms with van der Waals surface area (Å²) in [5.41, 5.74) is -0.449. The minimum atomic E-state index is -0.449. The molecule has 0 spiro atoms. The van der Waals surface area contributed by atoms with Crippen molar-refractivity contribution >= 4 is 12.4 Å². The number of piperidine rings is 1. The SMILES string of the molecule is CC(C)[C@@H]1[C@H](C=O)[C@H]1[C@@H]1CCCN(C(=O)OC(C)(C)C)C1. The van der Waals surface area contributed by atoms with E-state index in [0.717, 1.165) is 32.2 Å². The van der Waals surface area contributed by atoms with Crippen molar-refractivity contribution in [2.24, 2.45) is 29.6 Å². The van der Waals surface area contributed by atoms with Crippen molar-refractivity contribution in [1.82, 2.24) is 4.90 Å². The van der Waals surface area contributed by atoms with E-state index >= 15 is 0 Å². The average molecular weight is 295 g/mol. The van der Waals surface area contributed by atoms with Crippen LogP contribution < -0.4 is 0 Å². The quantitative estimate of drug-likeness (QED) is 0.750. The molecule has 0 aromatic heterocycles. The standard InChI is InChI=1S/C17H29NO3/c1-11(2)14-13(10-19)15(14)12-7-6-8-18(9-12)16(20)21-17(3,4)5/h10-15H,6-9H2,1-5H3/t12-,13+,14-,15-/m1/s1. The monoisotopic (exact) mass is 295 g/mol. The van der Waals surface area contributed by atoms with Gasteiger partial charge in [0.1, 0.15) is 11.9 Å². The van der Waals surface area contributed by atoms with Crippen molar-refractivity contribution in [2.75, 3.05) is 13.1 Å². The third kappa shape index (κ3) is 3.78. The van der Waals surface area contributed by atoms with E-state index in [1.807, 2.05) is 25.7 Å². The van der Waals surface area contributed by atoms with Crippen LogP contribution in [0.25, 0.3) is 0 Å². The Balaban J connectivity index is 1.95. The Kier molecular flexibility index (Phi) is 4.64. The number of hydrogen-bond acceptors (Lipinski definition) is 3. The van der Waals surface area contributed by atoms with Crippen LogP contribution in [0, 0.1) is 29.6 Å². The van der Waals surface area contributed by atoms with Crippen molar-refractivity contribution in [3.05, 3.63) is 0 Å². The largest absolute Gasteiger partial charge is 0.444 e. The second-order valence-electron chi connectivity index (χ2n) is 7.94. The van der Waals surface area contributed by atoms with E-state index in [4.69, 9.17) is 4.74 Å². The van der Waals surface area contributed by atoms with Gasteiger partial charge >= 0.3 is 6.09 Å². The summed E-state index contributed by atoms with van der Waals surface area (Å²) in [5.74, 6) is 2.17. The van der Waals surface area contributed by atoms with E-state index in [1.165, 1.54) is 0 Å². The Morgan fingerprint density at radius 1 is 1.33 bits per heavy atom. The summed E-state index contributed by atoms with van der Waals surface area (Å²) < 4.78 is 5.47. The number of amides is 1. The fraction of sp³-hybridized carbons (Fsp3) is 0.882. The molecule has 0 radical (unpaired) electrons. The molecule has 120 valence electrons. The van der Waals surface area contributed by atoms with Crippen molar-refractivity contribution in [3.63, 3.8) is 0 Å². The van der Waals surface area contributed by atoms with Gasteiger partial charge in [-0.05, 0) is 57.3 Å². The first-order valence-corrected chi connectivity index (χ1v) is 8.18. The van der Waals surface area contributed by atoms with Gasteiger partial charge in [0.2, 0.25) is 0 Å². The molecular formula is C17H29NO3. The van der Waals surface area contributed by atoms with Crippen molar-refractivity contribution in [3.8, 4) is 0 Å². The molecule has 0 aromatic carbocycles. The van der Waals surface area contributed by atoms with E-state index in [2.05, 4.69) is 13.8 Å². The highest BCUT2D eigenvalue weighted by molar-refractivity contribution is 5.68. The van der Waals surface area contributed by atoms with Crippen LogP contribution >= 0.6 is 0 Å². The van der Waals surface area contributed by atoms with Gasteiger partial charge in [0.15, 0.2) is 0 Å². The third-order valence-corrected chi connectivity index (χ3v) is 4.77. The highest BCUT2D eigenvalue weighted by Gasteiger charge is 2.55. The van der Waals surface area contributed by atoms with Gasteiger partial charge in [0.25, 0.3) is 0 Å². The van der Waals surface area contributed by atoms with Crippen molar-refractivity contribution in [2.45, 2.75) is 53.1 Å². The van der Waals surface area contributed by atoms with Gasteiger partial charge in [0.05, 0.1) is 0 Å². The lowest BCUT2D eigenvalue weighted by Crippen LogP contribution is -2.43. The Labute approximate surface area is 128 Å². The van der Waals surface area contributed by atoms with Crippen LogP contribution in [-0.2, 0) is 9.53 Å². The Bertz CT molecular complexity index is 399. The molecule has 2 rings (SSSR count). The predicted octanol–water partition coefficient (Wildman–Crippen LogP) is 3.35. The molecule has 0 bridgehead atoms. The summed E-state index contributed by atoms with van der Waals surface area (Å²) in [6, 6.07) is 0. The zero-order valence-electron chi connectivity index (χ0n) is 14.0. The number of aldehydes is 1. The molecule has 1 amide bonds. The summed E-state index contributed by atoms with van der Waals surface area (Å²) >= 11 is 0. The van der Waals surface area contributed by atoms with E-state index in [1.54, 1.807) is 0 Å². The summed E-state index contributed by atoms with van der Waals surface area (Å²) in [6.07, 6.45) is 3.05. The van der Waals surface area contributed by atoms with Gasteiger partial charge in [-0.2, -0.15) is 0 Å². The van der Waals surface area contributed by atoms with Crippen LogP contribution in [0.1, 0.15) is 47.5 Å². The molecule has 1 saturated carbocycles. The number of rotatable bonds is 3. The van der Waals surface area contributed by atoms with Crippen molar-refractivity contribution in [1.29, 1.82) is 0 Å². The lowest BCUT2D eigenvalue weighted by atomic mass is 9.90. The maximum Gasteiger partial charge on any atom is 0.410 e. The minimum absolute atomic E-state index is 0.202. The average Bonchev–Trinajstić information content (AvgIpc) is 3.11. The number of carbonyl (C=O) groups is 2. The van der Waals surface area contributed by atoms with Crippen molar-refractivity contribution < 1.29 is 14.3 Å².